The molecule has 0 saturated carbocycles. The smallest absolute Gasteiger partial charge is 0.0948 e. The monoisotopic (exact) mass is 221 g/mol. The first kappa shape index (κ1) is 11.6. The average molecular weight is 221 g/mol. The Morgan fingerprint density at radius 3 is 2.88 bits per heavy atom. The molecule has 0 aromatic carbocycles. The maximum Gasteiger partial charge on any atom is 0.0948 e. The zero-order valence-corrected chi connectivity index (χ0v) is 10.4. The van der Waals surface area contributed by atoms with Gasteiger partial charge in [0.1, 0.15) is 0 Å². The van der Waals surface area contributed by atoms with Crippen molar-refractivity contribution in [2.75, 3.05) is 13.1 Å². The number of piperidine rings is 1. The van der Waals surface area contributed by atoms with Gasteiger partial charge in [0.2, 0.25) is 0 Å². The van der Waals surface area contributed by atoms with Crippen LogP contribution < -0.4 is 5.32 Å². The van der Waals surface area contributed by atoms with E-state index in [2.05, 4.69) is 28.7 Å². The van der Waals surface area contributed by atoms with Crippen molar-refractivity contribution in [3.63, 3.8) is 0 Å². The van der Waals surface area contributed by atoms with Gasteiger partial charge in [0.05, 0.1) is 6.33 Å². The van der Waals surface area contributed by atoms with Crippen LogP contribution >= 0.6 is 0 Å². The third-order valence-electron chi connectivity index (χ3n) is 3.57. The Hall–Kier alpha value is -0.830. The molecule has 0 radical (unpaired) electrons. The zero-order chi connectivity index (χ0) is 11.4. The third-order valence-corrected chi connectivity index (χ3v) is 3.57. The number of hydrogen-bond donors (Lipinski definition) is 1. The molecule has 1 saturated heterocycles. The van der Waals surface area contributed by atoms with E-state index in [1.165, 1.54) is 38.0 Å². The van der Waals surface area contributed by atoms with E-state index in [4.69, 9.17) is 0 Å². The Labute approximate surface area is 98.3 Å². The summed E-state index contributed by atoms with van der Waals surface area (Å²) in [5.74, 6) is 1.49. The number of aryl methyl sites for hydroxylation is 1. The molecule has 0 unspecified atom stereocenters. The summed E-state index contributed by atoms with van der Waals surface area (Å²) in [6.07, 6.45) is 7.97. The first-order valence-electron chi connectivity index (χ1n) is 6.48. The fraction of sp³-hybridized carbons (Fsp3) is 0.769. The largest absolute Gasteiger partial charge is 0.334 e. The number of aromatic nitrogens is 2. The molecule has 0 bridgehead atoms. The molecule has 90 valence electrons. The molecule has 16 heavy (non-hydrogen) atoms. The summed E-state index contributed by atoms with van der Waals surface area (Å²) in [4.78, 5) is 4.26. The Morgan fingerprint density at radius 2 is 2.19 bits per heavy atom. The molecule has 1 aromatic rings. The highest BCUT2D eigenvalue weighted by atomic mass is 15.0. The predicted molar refractivity (Wildman–Crippen MR) is 66.5 cm³/mol. The highest BCUT2D eigenvalue weighted by molar-refractivity contribution is 5.03. The summed E-state index contributed by atoms with van der Waals surface area (Å²) >= 11 is 0. The lowest BCUT2D eigenvalue weighted by Gasteiger charge is -2.23. The van der Waals surface area contributed by atoms with Crippen molar-refractivity contribution in [1.29, 1.82) is 0 Å². The fourth-order valence-electron chi connectivity index (χ4n) is 2.49. The van der Waals surface area contributed by atoms with Crippen molar-refractivity contribution in [2.45, 2.75) is 45.6 Å². The van der Waals surface area contributed by atoms with Gasteiger partial charge in [-0.05, 0) is 44.2 Å². The molecule has 1 N–H and O–H groups in total. The van der Waals surface area contributed by atoms with Crippen molar-refractivity contribution in [3.05, 3.63) is 18.2 Å². The molecule has 1 fully saturated rings. The molecular formula is C13H23N3. The van der Waals surface area contributed by atoms with Crippen LogP contribution in [0.25, 0.3) is 0 Å². The first-order chi connectivity index (χ1) is 7.77. The Kier molecular flexibility index (Phi) is 3.99. The van der Waals surface area contributed by atoms with Crippen LogP contribution in [0.3, 0.4) is 0 Å². The van der Waals surface area contributed by atoms with Gasteiger partial charge in [0, 0.05) is 18.4 Å². The summed E-state index contributed by atoms with van der Waals surface area (Å²) in [6.45, 7) is 8.01. The van der Waals surface area contributed by atoms with E-state index in [0.717, 1.165) is 12.5 Å². The minimum Gasteiger partial charge on any atom is -0.334 e. The summed E-state index contributed by atoms with van der Waals surface area (Å²) in [5, 5.41) is 3.42. The van der Waals surface area contributed by atoms with Gasteiger partial charge in [-0.25, -0.2) is 4.98 Å². The van der Waals surface area contributed by atoms with Gasteiger partial charge in [-0.3, -0.25) is 0 Å². The van der Waals surface area contributed by atoms with E-state index in [-0.39, 0.29) is 0 Å². The van der Waals surface area contributed by atoms with Crippen LogP contribution in [0.5, 0.6) is 0 Å². The second kappa shape index (κ2) is 5.48. The number of rotatable bonds is 4. The first-order valence-corrected chi connectivity index (χ1v) is 6.48. The molecule has 1 aliphatic rings. The van der Waals surface area contributed by atoms with Gasteiger partial charge < -0.3 is 9.88 Å². The molecule has 3 heteroatoms. The Morgan fingerprint density at radius 1 is 1.44 bits per heavy atom. The van der Waals surface area contributed by atoms with Crippen LogP contribution in [0.4, 0.5) is 0 Å². The van der Waals surface area contributed by atoms with Crippen LogP contribution in [0.2, 0.25) is 0 Å². The standard InChI is InChI=1S/C13H23N3/c1-11(2)13-9-15-10-16(13)8-5-12-3-6-14-7-4-12/h9-12,14H,3-8H2,1-2H3. The number of nitrogens with one attached hydrogen (secondary N) is 1. The van der Waals surface area contributed by atoms with Crippen molar-refractivity contribution in [1.82, 2.24) is 14.9 Å². The number of imidazole rings is 1. The van der Waals surface area contributed by atoms with Gasteiger partial charge in [-0.1, -0.05) is 13.8 Å². The van der Waals surface area contributed by atoms with E-state index < -0.39 is 0 Å². The van der Waals surface area contributed by atoms with Crippen molar-refractivity contribution in [2.24, 2.45) is 5.92 Å². The lowest BCUT2D eigenvalue weighted by atomic mass is 9.94. The zero-order valence-electron chi connectivity index (χ0n) is 10.4. The van der Waals surface area contributed by atoms with Gasteiger partial charge in [-0.2, -0.15) is 0 Å². The van der Waals surface area contributed by atoms with Crippen LogP contribution in [-0.2, 0) is 6.54 Å². The van der Waals surface area contributed by atoms with Crippen LogP contribution in [0.15, 0.2) is 12.5 Å². The minimum absolute atomic E-state index is 0.579. The van der Waals surface area contributed by atoms with Gasteiger partial charge in [0.15, 0.2) is 0 Å². The number of nitrogens with zero attached hydrogens (tertiary/aromatic N) is 2. The van der Waals surface area contributed by atoms with Crippen LogP contribution in [-0.4, -0.2) is 22.6 Å². The van der Waals surface area contributed by atoms with E-state index in [1.54, 1.807) is 0 Å². The minimum atomic E-state index is 0.579. The molecule has 1 aliphatic heterocycles. The topological polar surface area (TPSA) is 29.9 Å². The lowest BCUT2D eigenvalue weighted by Crippen LogP contribution is -2.28. The van der Waals surface area contributed by atoms with E-state index >= 15 is 0 Å². The fourth-order valence-corrected chi connectivity index (χ4v) is 2.49. The molecule has 3 nitrogen and oxygen atoms in total. The summed E-state index contributed by atoms with van der Waals surface area (Å²) < 4.78 is 2.33. The maximum absolute atomic E-state index is 4.26. The lowest BCUT2D eigenvalue weighted by molar-refractivity contribution is 0.336. The SMILES string of the molecule is CC(C)c1cncn1CCC1CCNCC1. The quantitative estimate of drug-likeness (QED) is 0.846. The van der Waals surface area contributed by atoms with E-state index in [0.29, 0.717) is 5.92 Å². The molecule has 0 spiro atoms. The highest BCUT2D eigenvalue weighted by Gasteiger charge is 2.13. The van der Waals surface area contributed by atoms with Gasteiger partial charge in [0.25, 0.3) is 0 Å². The summed E-state index contributed by atoms with van der Waals surface area (Å²) in [6, 6.07) is 0. The van der Waals surface area contributed by atoms with Crippen LogP contribution in [0, 0.1) is 5.92 Å². The molecule has 2 heterocycles. The second-order valence-corrected chi connectivity index (χ2v) is 5.15. The second-order valence-electron chi connectivity index (χ2n) is 5.15. The van der Waals surface area contributed by atoms with E-state index in [9.17, 15) is 0 Å². The van der Waals surface area contributed by atoms with Crippen molar-refractivity contribution >= 4 is 0 Å². The van der Waals surface area contributed by atoms with Gasteiger partial charge in [-0.15, -0.1) is 0 Å². The molecule has 1 aromatic heterocycles. The van der Waals surface area contributed by atoms with Crippen molar-refractivity contribution < 1.29 is 0 Å². The maximum atomic E-state index is 4.26. The van der Waals surface area contributed by atoms with Crippen LogP contribution in [0.1, 0.15) is 44.7 Å². The molecular weight excluding hydrogens is 198 g/mol. The van der Waals surface area contributed by atoms with Gasteiger partial charge >= 0.3 is 0 Å². The van der Waals surface area contributed by atoms with E-state index in [1.807, 2.05) is 12.5 Å². The third kappa shape index (κ3) is 2.85. The average Bonchev–Trinajstić information content (AvgIpc) is 2.76. The summed E-state index contributed by atoms with van der Waals surface area (Å²) in [7, 11) is 0. The molecule has 2 rings (SSSR count). The normalized spacial score (nSPS) is 18.2. The molecule has 0 aliphatic carbocycles. The predicted octanol–water partition coefficient (Wildman–Crippen LogP) is 2.40. The highest BCUT2D eigenvalue weighted by Crippen LogP contribution is 2.19. The molecule has 0 atom stereocenters. The Balaban J connectivity index is 1.86. The van der Waals surface area contributed by atoms with Crippen molar-refractivity contribution in [3.8, 4) is 0 Å². The summed E-state index contributed by atoms with van der Waals surface area (Å²) in [5.41, 5.74) is 1.37. The number of hydrogen-bond acceptors (Lipinski definition) is 2. The Bertz CT molecular complexity index is 311. The molecule has 0 amide bonds.